The van der Waals surface area contributed by atoms with Gasteiger partial charge in [0.2, 0.25) is 0 Å². The smallest absolute Gasteiger partial charge is 0.0626 e. The molecule has 2 aliphatic rings. The van der Waals surface area contributed by atoms with Gasteiger partial charge in [0.15, 0.2) is 0 Å². The Labute approximate surface area is 191 Å². The Morgan fingerprint density at radius 3 is 2.00 bits per heavy atom. The summed E-state index contributed by atoms with van der Waals surface area (Å²) in [4.78, 5) is 0. The second-order valence-corrected chi connectivity index (χ2v) is 13.1. The summed E-state index contributed by atoms with van der Waals surface area (Å²) in [5.74, 6) is 5.74. The highest BCUT2D eigenvalue weighted by Gasteiger charge is 2.28. The van der Waals surface area contributed by atoms with Crippen molar-refractivity contribution in [1.82, 2.24) is 0 Å². The van der Waals surface area contributed by atoms with Crippen LogP contribution < -0.4 is 0 Å². The van der Waals surface area contributed by atoms with Crippen LogP contribution in [0.15, 0.2) is 0 Å². The maximum absolute atomic E-state index is 5.96. The van der Waals surface area contributed by atoms with Gasteiger partial charge >= 0.3 is 0 Å². The Morgan fingerprint density at radius 2 is 1.47 bits per heavy atom. The molecule has 2 rings (SSSR count). The third-order valence-corrected chi connectivity index (χ3v) is 8.47. The molecule has 2 saturated carbocycles. The molecule has 30 heavy (non-hydrogen) atoms. The predicted octanol–water partition coefficient (Wildman–Crippen LogP) is 9.54. The maximum atomic E-state index is 5.96. The van der Waals surface area contributed by atoms with Gasteiger partial charge in [-0.2, -0.15) is 0 Å². The zero-order valence-electron chi connectivity index (χ0n) is 22.7. The molecule has 0 aromatic heterocycles. The van der Waals surface area contributed by atoms with Crippen LogP contribution in [-0.2, 0) is 4.74 Å². The SMILES string of the molecule is CC1CCCC(CC2CCC(C)C(C)C2)C1.CCCC(C)(C)OCC(C)C(C)(C)C. The van der Waals surface area contributed by atoms with Gasteiger partial charge in [-0.1, -0.05) is 93.9 Å². The second-order valence-electron chi connectivity index (χ2n) is 13.1. The zero-order valence-corrected chi connectivity index (χ0v) is 22.7. The minimum atomic E-state index is 0.0499. The molecule has 6 unspecified atom stereocenters. The highest BCUT2D eigenvalue weighted by molar-refractivity contribution is 4.79. The van der Waals surface area contributed by atoms with Crippen LogP contribution in [0.25, 0.3) is 0 Å². The van der Waals surface area contributed by atoms with Crippen LogP contribution in [0.2, 0.25) is 0 Å². The van der Waals surface area contributed by atoms with Crippen LogP contribution in [0.1, 0.15) is 133 Å². The molecule has 1 nitrogen and oxygen atoms in total. The first-order chi connectivity index (χ1) is 13.8. The summed E-state index contributed by atoms with van der Waals surface area (Å²) in [5, 5.41) is 0. The van der Waals surface area contributed by atoms with Crippen LogP contribution in [0.3, 0.4) is 0 Å². The summed E-state index contributed by atoms with van der Waals surface area (Å²) in [6.45, 7) is 23.9. The number of hydrogen-bond donors (Lipinski definition) is 0. The van der Waals surface area contributed by atoms with E-state index in [1.54, 1.807) is 6.42 Å². The van der Waals surface area contributed by atoms with E-state index < -0.39 is 0 Å². The average Bonchev–Trinajstić information content (AvgIpc) is 2.63. The minimum absolute atomic E-state index is 0.0499. The van der Waals surface area contributed by atoms with Gasteiger partial charge in [0.25, 0.3) is 0 Å². The lowest BCUT2D eigenvalue weighted by Crippen LogP contribution is -2.30. The highest BCUT2D eigenvalue weighted by Crippen LogP contribution is 2.40. The lowest BCUT2D eigenvalue weighted by molar-refractivity contribution is -0.0538. The molecule has 0 heterocycles. The molecule has 0 aromatic rings. The van der Waals surface area contributed by atoms with Gasteiger partial charge in [0.05, 0.1) is 12.2 Å². The normalized spacial score (nSPS) is 31.6. The fraction of sp³-hybridized carbons (Fsp3) is 1.00. The van der Waals surface area contributed by atoms with Crippen molar-refractivity contribution in [1.29, 1.82) is 0 Å². The van der Waals surface area contributed by atoms with Crippen molar-refractivity contribution >= 4 is 0 Å². The fourth-order valence-corrected chi connectivity index (χ4v) is 5.39. The third kappa shape index (κ3) is 11.0. The van der Waals surface area contributed by atoms with Gasteiger partial charge in [-0.05, 0) is 80.5 Å². The average molecular weight is 423 g/mol. The number of hydrogen-bond acceptors (Lipinski definition) is 1. The molecule has 0 amide bonds. The van der Waals surface area contributed by atoms with Crippen LogP contribution in [0.5, 0.6) is 0 Å². The van der Waals surface area contributed by atoms with Crippen LogP contribution in [-0.4, -0.2) is 12.2 Å². The highest BCUT2D eigenvalue weighted by atomic mass is 16.5. The molecule has 2 fully saturated rings. The molecular formula is C29H58O. The third-order valence-electron chi connectivity index (χ3n) is 8.47. The van der Waals surface area contributed by atoms with E-state index in [-0.39, 0.29) is 5.60 Å². The van der Waals surface area contributed by atoms with Gasteiger partial charge in [-0.25, -0.2) is 0 Å². The van der Waals surface area contributed by atoms with E-state index in [9.17, 15) is 0 Å². The molecule has 0 saturated heterocycles. The van der Waals surface area contributed by atoms with E-state index in [1.165, 1.54) is 51.4 Å². The minimum Gasteiger partial charge on any atom is -0.375 e. The molecule has 180 valence electrons. The molecular weight excluding hydrogens is 364 g/mol. The summed E-state index contributed by atoms with van der Waals surface area (Å²) in [6, 6.07) is 0. The summed E-state index contributed by atoms with van der Waals surface area (Å²) >= 11 is 0. The molecule has 0 N–H and O–H groups in total. The predicted molar refractivity (Wildman–Crippen MR) is 135 cm³/mol. The quantitative estimate of drug-likeness (QED) is 0.397. The van der Waals surface area contributed by atoms with Crippen LogP contribution in [0.4, 0.5) is 0 Å². The summed E-state index contributed by atoms with van der Waals surface area (Å²) in [7, 11) is 0. The molecule has 0 spiro atoms. The van der Waals surface area contributed by atoms with E-state index in [4.69, 9.17) is 4.74 Å². The first-order valence-electron chi connectivity index (χ1n) is 13.5. The monoisotopic (exact) mass is 422 g/mol. The lowest BCUT2D eigenvalue weighted by atomic mass is 9.70. The number of ether oxygens (including phenoxy) is 1. The molecule has 0 aromatic carbocycles. The molecule has 0 bridgehead atoms. The van der Waals surface area contributed by atoms with Gasteiger partial charge in [0, 0.05) is 0 Å². The van der Waals surface area contributed by atoms with Gasteiger partial charge in [-0.3, -0.25) is 0 Å². The Morgan fingerprint density at radius 1 is 0.833 bits per heavy atom. The summed E-state index contributed by atoms with van der Waals surface area (Å²) < 4.78 is 5.96. The van der Waals surface area contributed by atoms with Crippen molar-refractivity contribution in [2.75, 3.05) is 6.61 Å². The summed E-state index contributed by atoms with van der Waals surface area (Å²) in [5.41, 5.74) is 0.399. The number of rotatable bonds is 7. The van der Waals surface area contributed by atoms with E-state index in [0.717, 1.165) is 42.6 Å². The fourth-order valence-electron chi connectivity index (χ4n) is 5.39. The first kappa shape index (κ1) is 28.0. The molecule has 2 aliphatic carbocycles. The Balaban J connectivity index is 0.000000304. The van der Waals surface area contributed by atoms with E-state index in [1.807, 2.05) is 0 Å². The van der Waals surface area contributed by atoms with Crippen molar-refractivity contribution in [3.8, 4) is 0 Å². The van der Waals surface area contributed by atoms with E-state index >= 15 is 0 Å². The van der Waals surface area contributed by atoms with Crippen molar-refractivity contribution < 1.29 is 4.74 Å². The van der Waals surface area contributed by atoms with Crippen molar-refractivity contribution in [2.24, 2.45) is 40.9 Å². The van der Waals surface area contributed by atoms with Crippen molar-refractivity contribution in [3.05, 3.63) is 0 Å². The van der Waals surface area contributed by atoms with E-state index in [2.05, 4.69) is 69.2 Å². The summed E-state index contributed by atoms with van der Waals surface area (Å²) in [6.07, 6.45) is 14.5. The van der Waals surface area contributed by atoms with Crippen LogP contribution >= 0.6 is 0 Å². The molecule has 0 radical (unpaired) electrons. The molecule has 0 aliphatic heterocycles. The lowest BCUT2D eigenvalue weighted by Gasteiger charge is -2.36. The Bertz CT molecular complexity index is 446. The topological polar surface area (TPSA) is 9.23 Å². The maximum Gasteiger partial charge on any atom is 0.0626 e. The van der Waals surface area contributed by atoms with Crippen molar-refractivity contribution in [3.63, 3.8) is 0 Å². The van der Waals surface area contributed by atoms with Gasteiger partial charge < -0.3 is 4.74 Å². The largest absolute Gasteiger partial charge is 0.375 e. The standard InChI is InChI=1S/C16H30.C13H28O/c1-12-5-4-6-15(9-12)11-16-8-7-13(2)14(3)10-16;1-8-9-13(6,7)14-10-11(2)12(3,4)5/h12-16H,4-11H2,1-3H3;11H,8-10H2,1-7H3. The van der Waals surface area contributed by atoms with Gasteiger partial charge in [-0.15, -0.1) is 0 Å². The first-order valence-corrected chi connectivity index (χ1v) is 13.5. The van der Waals surface area contributed by atoms with E-state index in [0.29, 0.717) is 11.3 Å². The van der Waals surface area contributed by atoms with Crippen molar-refractivity contribution in [2.45, 2.75) is 139 Å². The molecule has 1 heteroatoms. The Kier molecular flexibility index (Phi) is 12.0. The van der Waals surface area contributed by atoms with Gasteiger partial charge in [0.1, 0.15) is 0 Å². The molecule has 6 atom stereocenters. The zero-order chi connectivity index (χ0) is 22.9. The second kappa shape index (κ2) is 12.9. The van der Waals surface area contributed by atoms with Crippen LogP contribution in [0, 0.1) is 40.9 Å². The Hall–Kier alpha value is -0.0400.